The summed E-state index contributed by atoms with van der Waals surface area (Å²) in [5.41, 5.74) is 5.91. The Morgan fingerprint density at radius 3 is 2.12 bits per heavy atom. The molecule has 1 aliphatic carbocycles. The molecule has 1 saturated carbocycles. The molecule has 0 saturated heterocycles. The van der Waals surface area contributed by atoms with E-state index in [2.05, 4.69) is 21.7 Å². The Hall–Kier alpha value is 0.0249. The van der Waals surface area contributed by atoms with Gasteiger partial charge >= 0.3 is 0 Å². The fourth-order valence-electron chi connectivity index (χ4n) is 1.36. The molecule has 46 valence electrons. The van der Waals surface area contributed by atoms with Gasteiger partial charge in [-0.1, -0.05) is 13.8 Å². The third-order valence-electron chi connectivity index (χ3n) is 2.07. The van der Waals surface area contributed by atoms with E-state index in [1.807, 2.05) is 0 Å². The van der Waals surface area contributed by atoms with Crippen LogP contribution in [0.2, 0.25) is 0 Å². The third-order valence-corrected chi connectivity index (χ3v) is 2.07. The van der Waals surface area contributed by atoms with Crippen LogP contribution in [0.25, 0.3) is 0 Å². The second kappa shape index (κ2) is 1.50. The summed E-state index contributed by atoms with van der Waals surface area (Å²) in [6.07, 6.45) is 1.34. The fraction of sp³-hybridized carbons (Fsp3) is 1.00. The van der Waals surface area contributed by atoms with Gasteiger partial charge in [-0.25, -0.2) is 0 Å². The summed E-state index contributed by atoms with van der Waals surface area (Å²) in [5.74, 6) is 1.68. The van der Waals surface area contributed by atoms with Crippen LogP contribution in [0.15, 0.2) is 0 Å². The van der Waals surface area contributed by atoms with Crippen LogP contribution in [0, 0.1) is 11.8 Å². The van der Waals surface area contributed by atoms with Crippen LogP contribution in [0.5, 0.6) is 0 Å². The van der Waals surface area contributed by atoms with Crippen molar-refractivity contribution in [3.8, 4) is 0 Å². The lowest BCUT2D eigenvalue weighted by molar-refractivity contribution is 0.544. The Bertz CT molecular complexity index is 95.2. The van der Waals surface area contributed by atoms with Gasteiger partial charge in [-0.05, 0) is 23.7 Å². The molecule has 3 unspecified atom stereocenters. The van der Waals surface area contributed by atoms with E-state index in [9.17, 15) is 0 Å². The molecule has 0 bridgehead atoms. The lowest BCUT2D eigenvalue weighted by Gasteiger charge is -2.17. The quantitative estimate of drug-likeness (QED) is 0.471. The topological polar surface area (TPSA) is 26.0 Å². The van der Waals surface area contributed by atoms with E-state index in [-0.39, 0.29) is 5.44 Å². The average molecular weight is 111 g/mol. The van der Waals surface area contributed by atoms with Gasteiger partial charge in [0.25, 0.3) is 0 Å². The van der Waals surface area contributed by atoms with E-state index in [0.717, 1.165) is 11.8 Å². The zero-order valence-electron chi connectivity index (χ0n) is 5.94. The molecule has 0 radical (unpaired) electrons. The zero-order chi connectivity index (χ0) is 6.36. The monoisotopic (exact) mass is 111 g/mol. The van der Waals surface area contributed by atoms with Crippen molar-refractivity contribution in [3.63, 3.8) is 0 Å². The van der Waals surface area contributed by atoms with Gasteiger partial charge in [0.1, 0.15) is 7.85 Å². The van der Waals surface area contributed by atoms with Gasteiger partial charge in [0.05, 0.1) is 0 Å². The van der Waals surface area contributed by atoms with Crippen LogP contribution in [-0.2, 0) is 0 Å². The molecular formula is C6H14BN. The molecule has 3 atom stereocenters. The van der Waals surface area contributed by atoms with Crippen LogP contribution in [0.1, 0.15) is 20.3 Å². The van der Waals surface area contributed by atoms with Crippen molar-refractivity contribution in [2.75, 3.05) is 0 Å². The Morgan fingerprint density at radius 1 is 1.75 bits per heavy atom. The molecule has 0 aromatic carbocycles. The van der Waals surface area contributed by atoms with Crippen molar-refractivity contribution in [3.05, 3.63) is 0 Å². The minimum atomic E-state index is 0.0828. The van der Waals surface area contributed by atoms with Crippen molar-refractivity contribution >= 4 is 7.85 Å². The van der Waals surface area contributed by atoms with E-state index >= 15 is 0 Å². The first-order valence-corrected chi connectivity index (χ1v) is 3.30. The molecule has 1 nitrogen and oxygen atoms in total. The number of hydrogen-bond acceptors (Lipinski definition) is 1. The lowest BCUT2D eigenvalue weighted by Crippen LogP contribution is -2.39. The summed E-state index contributed by atoms with van der Waals surface area (Å²) in [6, 6.07) is 0. The molecule has 1 fully saturated rings. The molecule has 0 amide bonds. The van der Waals surface area contributed by atoms with Gasteiger partial charge in [-0.15, -0.1) is 0 Å². The van der Waals surface area contributed by atoms with Crippen molar-refractivity contribution < 1.29 is 0 Å². The molecule has 0 aromatic rings. The normalized spacial score (nSPS) is 43.4. The van der Waals surface area contributed by atoms with E-state index in [1.165, 1.54) is 6.42 Å². The highest BCUT2D eigenvalue weighted by Gasteiger charge is 2.41. The van der Waals surface area contributed by atoms with Gasteiger partial charge in [-0.2, -0.15) is 0 Å². The second-order valence-corrected chi connectivity index (χ2v) is 3.64. The van der Waals surface area contributed by atoms with Crippen molar-refractivity contribution in [1.29, 1.82) is 0 Å². The average Bonchev–Trinajstić information content (AvgIpc) is 2.13. The second-order valence-electron chi connectivity index (χ2n) is 3.64. The first-order valence-electron chi connectivity index (χ1n) is 3.30. The molecule has 0 heterocycles. The number of rotatable bonds is 1. The Balaban J connectivity index is 2.39. The predicted molar refractivity (Wildman–Crippen MR) is 38.4 cm³/mol. The first-order chi connectivity index (χ1) is 3.52. The van der Waals surface area contributed by atoms with Crippen LogP contribution >= 0.6 is 0 Å². The molecule has 2 heteroatoms. The smallest absolute Gasteiger partial charge is 0.127 e. The summed E-state index contributed by atoms with van der Waals surface area (Å²) in [4.78, 5) is 0. The van der Waals surface area contributed by atoms with Crippen molar-refractivity contribution in [1.82, 2.24) is 0 Å². The number of hydrogen-bond donors (Lipinski definition) is 1. The summed E-state index contributed by atoms with van der Waals surface area (Å²) >= 11 is 0. The van der Waals surface area contributed by atoms with Crippen LogP contribution in [-0.4, -0.2) is 13.3 Å². The molecular weight excluding hydrogens is 96.9 g/mol. The van der Waals surface area contributed by atoms with E-state index < -0.39 is 0 Å². The van der Waals surface area contributed by atoms with E-state index in [1.54, 1.807) is 0 Å². The Labute approximate surface area is 52.0 Å². The number of nitrogens with two attached hydrogens (primary N) is 1. The lowest BCUT2D eigenvalue weighted by atomic mass is 9.76. The highest BCUT2D eigenvalue weighted by molar-refractivity contribution is 6.15. The van der Waals surface area contributed by atoms with E-state index in [0.29, 0.717) is 0 Å². The molecule has 0 aromatic heterocycles. The molecule has 0 aliphatic heterocycles. The summed E-state index contributed by atoms with van der Waals surface area (Å²) < 4.78 is 0. The minimum Gasteiger partial charge on any atom is -0.332 e. The Morgan fingerprint density at radius 2 is 2.12 bits per heavy atom. The largest absolute Gasteiger partial charge is 0.332 e. The first kappa shape index (κ1) is 6.15. The highest BCUT2D eigenvalue weighted by Crippen LogP contribution is 2.43. The van der Waals surface area contributed by atoms with Gasteiger partial charge < -0.3 is 5.73 Å². The molecule has 0 spiro atoms. The molecule has 1 rings (SSSR count). The van der Waals surface area contributed by atoms with Gasteiger partial charge in [0, 0.05) is 0 Å². The van der Waals surface area contributed by atoms with Gasteiger partial charge in [-0.3, -0.25) is 0 Å². The minimum absolute atomic E-state index is 0.0828. The molecule has 1 aliphatic rings. The standard InChI is InChI=1S/C6H14BN/c1-4-3-5(4)6(2,7)8/h4-5H,3,7-8H2,1-2H3. The van der Waals surface area contributed by atoms with Gasteiger partial charge in [0.15, 0.2) is 0 Å². The summed E-state index contributed by atoms with van der Waals surface area (Å²) in [7, 11) is 2.11. The maximum absolute atomic E-state index is 5.83. The van der Waals surface area contributed by atoms with Crippen LogP contribution < -0.4 is 5.73 Å². The van der Waals surface area contributed by atoms with E-state index in [4.69, 9.17) is 5.73 Å². The zero-order valence-corrected chi connectivity index (χ0v) is 5.94. The molecule has 2 N–H and O–H groups in total. The highest BCUT2D eigenvalue weighted by atomic mass is 14.7. The van der Waals surface area contributed by atoms with Crippen LogP contribution in [0.4, 0.5) is 0 Å². The fourth-order valence-corrected chi connectivity index (χ4v) is 1.36. The van der Waals surface area contributed by atoms with Gasteiger partial charge in [0.2, 0.25) is 0 Å². The molecule has 8 heavy (non-hydrogen) atoms. The maximum atomic E-state index is 5.83. The SMILES string of the molecule is BC(C)(N)C1CC1C. The summed E-state index contributed by atoms with van der Waals surface area (Å²) in [6.45, 7) is 4.38. The predicted octanol–water partition coefficient (Wildman–Crippen LogP) is -0.0496. The maximum Gasteiger partial charge on any atom is 0.127 e. The third kappa shape index (κ3) is 1.05. The van der Waals surface area contributed by atoms with Crippen molar-refractivity contribution in [2.45, 2.75) is 25.7 Å². The summed E-state index contributed by atoms with van der Waals surface area (Å²) in [5, 5.41) is 0. The Kier molecular flexibility index (Phi) is 1.16. The van der Waals surface area contributed by atoms with Crippen molar-refractivity contribution in [2.24, 2.45) is 17.6 Å². The van der Waals surface area contributed by atoms with Crippen LogP contribution in [0.3, 0.4) is 0 Å².